The lowest BCUT2D eigenvalue weighted by Gasteiger charge is -2.06. The molecular formula is C18H12ClF2NO2S. The van der Waals surface area contributed by atoms with Crippen LogP contribution in [0.3, 0.4) is 0 Å². The minimum atomic E-state index is -1.02. The zero-order valence-electron chi connectivity index (χ0n) is 12.8. The molecule has 0 fully saturated rings. The van der Waals surface area contributed by atoms with Gasteiger partial charge in [-0.15, -0.1) is 11.3 Å². The van der Waals surface area contributed by atoms with E-state index in [9.17, 15) is 13.6 Å². The van der Waals surface area contributed by atoms with Gasteiger partial charge in [0, 0.05) is 17.3 Å². The molecule has 0 aliphatic rings. The SMILES string of the molecule is O=C(Nc1ccc(F)c(F)c1)c1cc(COc2ccccc2Cl)cs1. The summed E-state index contributed by atoms with van der Waals surface area (Å²) in [4.78, 5) is 12.6. The topological polar surface area (TPSA) is 38.3 Å². The molecule has 1 amide bonds. The van der Waals surface area contributed by atoms with Crippen LogP contribution >= 0.6 is 22.9 Å². The van der Waals surface area contributed by atoms with Crippen LogP contribution in [0, 0.1) is 11.6 Å². The summed E-state index contributed by atoms with van der Waals surface area (Å²) in [5.74, 6) is -1.82. The van der Waals surface area contributed by atoms with E-state index in [1.54, 1.807) is 29.6 Å². The predicted octanol–water partition coefficient (Wildman–Crippen LogP) is 5.51. The van der Waals surface area contributed by atoms with Gasteiger partial charge in [-0.3, -0.25) is 4.79 Å². The maximum absolute atomic E-state index is 13.2. The molecule has 7 heteroatoms. The van der Waals surface area contributed by atoms with Gasteiger partial charge in [0.05, 0.1) is 9.90 Å². The molecule has 0 spiro atoms. The molecule has 25 heavy (non-hydrogen) atoms. The Hall–Kier alpha value is -2.44. The molecule has 0 saturated carbocycles. The van der Waals surface area contributed by atoms with Gasteiger partial charge in [-0.25, -0.2) is 8.78 Å². The third-order valence-corrected chi connectivity index (χ3v) is 4.58. The number of halogens is 3. The van der Waals surface area contributed by atoms with Crippen LogP contribution in [-0.4, -0.2) is 5.91 Å². The van der Waals surface area contributed by atoms with Crippen molar-refractivity contribution in [3.8, 4) is 5.75 Å². The fourth-order valence-corrected chi connectivity index (χ4v) is 3.04. The van der Waals surface area contributed by atoms with Crippen molar-refractivity contribution in [3.63, 3.8) is 0 Å². The van der Waals surface area contributed by atoms with E-state index in [-0.39, 0.29) is 12.3 Å². The molecule has 0 unspecified atom stereocenters. The fourth-order valence-electron chi connectivity index (χ4n) is 2.06. The Morgan fingerprint density at radius 3 is 2.68 bits per heavy atom. The summed E-state index contributed by atoms with van der Waals surface area (Å²) in [7, 11) is 0. The van der Waals surface area contributed by atoms with Gasteiger partial charge < -0.3 is 10.1 Å². The van der Waals surface area contributed by atoms with Crippen LogP contribution in [0.4, 0.5) is 14.5 Å². The predicted molar refractivity (Wildman–Crippen MR) is 94.4 cm³/mol. The number of carbonyl (C=O) groups excluding carboxylic acids is 1. The number of hydrogen-bond donors (Lipinski definition) is 1. The molecular weight excluding hydrogens is 368 g/mol. The normalized spacial score (nSPS) is 10.5. The van der Waals surface area contributed by atoms with Gasteiger partial charge in [0.1, 0.15) is 12.4 Å². The minimum absolute atomic E-state index is 0.186. The number of rotatable bonds is 5. The third-order valence-electron chi connectivity index (χ3n) is 3.29. The van der Waals surface area contributed by atoms with Crippen LogP contribution in [0.2, 0.25) is 5.02 Å². The van der Waals surface area contributed by atoms with Gasteiger partial charge in [0.15, 0.2) is 11.6 Å². The average molecular weight is 380 g/mol. The highest BCUT2D eigenvalue weighted by Gasteiger charge is 2.12. The molecule has 0 atom stereocenters. The Bertz CT molecular complexity index is 914. The lowest BCUT2D eigenvalue weighted by molar-refractivity contribution is 0.103. The zero-order valence-corrected chi connectivity index (χ0v) is 14.3. The van der Waals surface area contributed by atoms with Gasteiger partial charge in [0.2, 0.25) is 0 Å². The Morgan fingerprint density at radius 2 is 1.92 bits per heavy atom. The Morgan fingerprint density at radius 1 is 1.12 bits per heavy atom. The summed E-state index contributed by atoms with van der Waals surface area (Å²) in [6.07, 6.45) is 0. The van der Waals surface area contributed by atoms with E-state index < -0.39 is 17.5 Å². The van der Waals surface area contributed by atoms with E-state index in [1.807, 2.05) is 6.07 Å². The van der Waals surface area contributed by atoms with Crippen LogP contribution in [-0.2, 0) is 6.61 Å². The highest BCUT2D eigenvalue weighted by molar-refractivity contribution is 7.12. The van der Waals surface area contributed by atoms with E-state index in [1.165, 1.54) is 17.4 Å². The number of hydrogen-bond acceptors (Lipinski definition) is 3. The second-order valence-electron chi connectivity index (χ2n) is 5.12. The fraction of sp³-hybridized carbons (Fsp3) is 0.0556. The van der Waals surface area contributed by atoms with Crippen molar-refractivity contribution in [3.05, 3.63) is 81.0 Å². The Balaban J connectivity index is 1.63. The number of ether oxygens (including phenoxy) is 1. The monoisotopic (exact) mass is 379 g/mol. The summed E-state index contributed by atoms with van der Waals surface area (Å²) in [5.41, 5.74) is 0.992. The first-order valence-corrected chi connectivity index (χ1v) is 8.50. The molecule has 1 N–H and O–H groups in total. The Labute approximate surface area is 151 Å². The number of thiophene rings is 1. The summed E-state index contributed by atoms with van der Waals surface area (Å²) in [5, 5.41) is 4.82. The molecule has 3 aromatic rings. The molecule has 0 bridgehead atoms. The molecule has 1 heterocycles. The second-order valence-corrected chi connectivity index (χ2v) is 6.44. The highest BCUT2D eigenvalue weighted by atomic mass is 35.5. The van der Waals surface area contributed by atoms with Crippen molar-refractivity contribution in [2.45, 2.75) is 6.61 Å². The molecule has 0 saturated heterocycles. The first-order chi connectivity index (χ1) is 12.0. The third kappa shape index (κ3) is 4.35. The van der Waals surface area contributed by atoms with Gasteiger partial charge >= 0.3 is 0 Å². The van der Waals surface area contributed by atoms with Crippen LogP contribution in [0.15, 0.2) is 53.9 Å². The van der Waals surface area contributed by atoms with Crippen molar-refractivity contribution >= 4 is 34.5 Å². The number of benzene rings is 2. The van der Waals surface area contributed by atoms with E-state index in [0.29, 0.717) is 15.6 Å². The van der Waals surface area contributed by atoms with Crippen molar-refractivity contribution in [1.29, 1.82) is 0 Å². The average Bonchev–Trinajstić information content (AvgIpc) is 3.07. The molecule has 0 radical (unpaired) electrons. The first kappa shape index (κ1) is 17.4. The standard InChI is InChI=1S/C18H12ClF2NO2S/c19-13-3-1-2-4-16(13)24-9-11-7-17(25-10-11)18(23)22-12-5-6-14(20)15(21)8-12/h1-8,10H,9H2,(H,22,23). The van der Waals surface area contributed by atoms with Crippen molar-refractivity contribution in [1.82, 2.24) is 0 Å². The van der Waals surface area contributed by atoms with Crippen molar-refractivity contribution < 1.29 is 18.3 Å². The summed E-state index contributed by atoms with van der Waals surface area (Å²) in [6.45, 7) is 0.263. The van der Waals surface area contributed by atoms with Crippen LogP contribution < -0.4 is 10.1 Å². The molecule has 2 aromatic carbocycles. The molecule has 128 valence electrons. The largest absolute Gasteiger partial charge is 0.487 e. The number of carbonyl (C=O) groups is 1. The second kappa shape index (κ2) is 7.63. The lowest BCUT2D eigenvalue weighted by Crippen LogP contribution is -2.10. The molecule has 1 aromatic heterocycles. The maximum atomic E-state index is 13.2. The van der Waals surface area contributed by atoms with Crippen molar-refractivity contribution in [2.75, 3.05) is 5.32 Å². The van der Waals surface area contributed by atoms with E-state index >= 15 is 0 Å². The van der Waals surface area contributed by atoms with Crippen LogP contribution in [0.5, 0.6) is 5.75 Å². The lowest BCUT2D eigenvalue weighted by atomic mass is 10.2. The number of amides is 1. The van der Waals surface area contributed by atoms with Gasteiger partial charge in [0.25, 0.3) is 5.91 Å². The van der Waals surface area contributed by atoms with Crippen molar-refractivity contribution in [2.24, 2.45) is 0 Å². The number of para-hydroxylation sites is 1. The van der Waals surface area contributed by atoms with Gasteiger partial charge in [-0.05, 0) is 35.7 Å². The zero-order chi connectivity index (χ0) is 17.8. The highest BCUT2D eigenvalue weighted by Crippen LogP contribution is 2.25. The number of anilines is 1. The molecule has 3 rings (SSSR count). The van der Waals surface area contributed by atoms with Crippen LogP contribution in [0.1, 0.15) is 15.2 Å². The summed E-state index contributed by atoms with van der Waals surface area (Å²) >= 11 is 7.25. The summed E-state index contributed by atoms with van der Waals surface area (Å²) in [6, 6.07) is 12.0. The van der Waals surface area contributed by atoms with E-state index in [0.717, 1.165) is 17.7 Å². The summed E-state index contributed by atoms with van der Waals surface area (Å²) < 4.78 is 31.7. The van der Waals surface area contributed by atoms with Gasteiger partial charge in [-0.1, -0.05) is 23.7 Å². The van der Waals surface area contributed by atoms with Crippen LogP contribution in [0.25, 0.3) is 0 Å². The smallest absolute Gasteiger partial charge is 0.265 e. The van der Waals surface area contributed by atoms with Gasteiger partial charge in [-0.2, -0.15) is 0 Å². The number of nitrogens with one attached hydrogen (secondary N) is 1. The molecule has 3 nitrogen and oxygen atoms in total. The Kier molecular flexibility index (Phi) is 5.31. The minimum Gasteiger partial charge on any atom is -0.487 e. The maximum Gasteiger partial charge on any atom is 0.265 e. The molecule has 0 aliphatic carbocycles. The van der Waals surface area contributed by atoms with E-state index in [4.69, 9.17) is 16.3 Å². The van der Waals surface area contributed by atoms with E-state index in [2.05, 4.69) is 5.32 Å². The quantitative estimate of drug-likeness (QED) is 0.634. The first-order valence-electron chi connectivity index (χ1n) is 7.24. The molecule has 0 aliphatic heterocycles.